The number of hydrogen-bond donors (Lipinski definition) is 3. The Morgan fingerprint density at radius 2 is 2.05 bits per heavy atom. The lowest BCUT2D eigenvalue weighted by Gasteiger charge is -2.08. The number of rotatable bonds is 6. The van der Waals surface area contributed by atoms with E-state index in [4.69, 9.17) is 22.1 Å². The van der Waals surface area contributed by atoms with E-state index in [1.54, 1.807) is 0 Å². The van der Waals surface area contributed by atoms with Crippen LogP contribution in [-0.2, 0) is 16.1 Å². The third kappa shape index (κ3) is 5.25. The van der Waals surface area contributed by atoms with E-state index in [1.807, 2.05) is 30.3 Å². The first-order chi connectivity index (χ1) is 10.1. The monoisotopic (exact) mass is 307 g/mol. The Morgan fingerprint density at radius 3 is 2.76 bits per heavy atom. The second kappa shape index (κ2) is 7.41. The van der Waals surface area contributed by atoms with E-state index in [9.17, 15) is 4.79 Å². The molecule has 8 heteroatoms. The normalized spacial score (nSPS) is 10.1. The SMILES string of the molecule is Nc1nc(Cl)cc(NNC(=O)COCc2ccccc2)n1. The summed E-state index contributed by atoms with van der Waals surface area (Å²) in [5.74, 6) is -0.0391. The molecule has 0 aliphatic heterocycles. The van der Waals surface area contributed by atoms with Crippen LogP contribution in [-0.4, -0.2) is 22.5 Å². The molecule has 21 heavy (non-hydrogen) atoms. The van der Waals surface area contributed by atoms with E-state index in [0.29, 0.717) is 12.4 Å². The summed E-state index contributed by atoms with van der Waals surface area (Å²) in [6.45, 7) is 0.275. The highest BCUT2D eigenvalue weighted by Crippen LogP contribution is 2.11. The van der Waals surface area contributed by atoms with E-state index in [-0.39, 0.29) is 23.6 Å². The lowest BCUT2D eigenvalue weighted by atomic mass is 10.2. The van der Waals surface area contributed by atoms with Crippen LogP contribution in [0.3, 0.4) is 0 Å². The molecule has 0 saturated heterocycles. The molecule has 0 aliphatic carbocycles. The zero-order valence-electron chi connectivity index (χ0n) is 11.0. The van der Waals surface area contributed by atoms with Gasteiger partial charge in [-0.2, -0.15) is 4.98 Å². The van der Waals surface area contributed by atoms with Gasteiger partial charge in [-0.15, -0.1) is 0 Å². The van der Waals surface area contributed by atoms with Gasteiger partial charge in [0.15, 0.2) is 5.82 Å². The summed E-state index contributed by atoms with van der Waals surface area (Å²) in [6.07, 6.45) is 0. The lowest BCUT2D eigenvalue weighted by Crippen LogP contribution is -2.33. The van der Waals surface area contributed by atoms with Gasteiger partial charge < -0.3 is 10.5 Å². The fourth-order valence-electron chi connectivity index (χ4n) is 1.50. The fourth-order valence-corrected chi connectivity index (χ4v) is 1.69. The van der Waals surface area contributed by atoms with E-state index >= 15 is 0 Å². The summed E-state index contributed by atoms with van der Waals surface area (Å²) < 4.78 is 5.28. The molecule has 0 spiro atoms. The molecule has 2 rings (SSSR count). The van der Waals surface area contributed by atoms with Gasteiger partial charge in [-0.25, -0.2) is 4.98 Å². The van der Waals surface area contributed by atoms with E-state index in [1.165, 1.54) is 6.07 Å². The number of nitrogens with two attached hydrogens (primary N) is 1. The Hall–Kier alpha value is -2.38. The second-order valence-corrected chi connectivity index (χ2v) is 4.47. The van der Waals surface area contributed by atoms with Crippen LogP contribution in [0.2, 0.25) is 5.15 Å². The van der Waals surface area contributed by atoms with Gasteiger partial charge in [0.05, 0.1) is 6.61 Å². The largest absolute Gasteiger partial charge is 0.368 e. The minimum atomic E-state index is -0.348. The smallest absolute Gasteiger partial charge is 0.264 e. The van der Waals surface area contributed by atoms with Crippen LogP contribution in [0.4, 0.5) is 11.8 Å². The van der Waals surface area contributed by atoms with Crippen LogP contribution in [0.15, 0.2) is 36.4 Å². The van der Waals surface area contributed by atoms with Crippen LogP contribution in [0.1, 0.15) is 5.56 Å². The number of nitrogen functional groups attached to an aromatic ring is 1. The molecule has 1 aromatic heterocycles. The van der Waals surface area contributed by atoms with E-state index in [0.717, 1.165) is 5.56 Å². The number of amides is 1. The third-order valence-corrected chi connectivity index (χ3v) is 2.58. The molecule has 1 heterocycles. The maximum atomic E-state index is 11.6. The highest BCUT2D eigenvalue weighted by molar-refractivity contribution is 6.29. The van der Waals surface area contributed by atoms with Gasteiger partial charge in [0.2, 0.25) is 5.95 Å². The van der Waals surface area contributed by atoms with Crippen LogP contribution in [0.25, 0.3) is 0 Å². The molecule has 1 aromatic carbocycles. The van der Waals surface area contributed by atoms with E-state index in [2.05, 4.69) is 20.8 Å². The standard InChI is InChI=1S/C13H14ClN5O2/c14-10-6-11(17-13(15)16-10)18-19-12(20)8-21-7-9-4-2-1-3-5-9/h1-6H,7-8H2,(H,19,20)(H3,15,16,17,18). The number of hydrazine groups is 1. The molecule has 0 aliphatic rings. The number of aromatic nitrogens is 2. The van der Waals surface area contributed by atoms with Crippen LogP contribution < -0.4 is 16.6 Å². The zero-order chi connectivity index (χ0) is 15.1. The molecule has 0 radical (unpaired) electrons. The maximum absolute atomic E-state index is 11.6. The Bertz CT molecular complexity index is 589. The molecule has 2 aromatic rings. The second-order valence-electron chi connectivity index (χ2n) is 4.09. The van der Waals surface area contributed by atoms with Crippen molar-refractivity contribution >= 4 is 29.3 Å². The maximum Gasteiger partial charge on any atom is 0.264 e. The first-order valence-electron chi connectivity index (χ1n) is 6.10. The molecule has 0 atom stereocenters. The van der Waals surface area contributed by atoms with Gasteiger partial charge in [-0.1, -0.05) is 41.9 Å². The number of nitrogens with zero attached hydrogens (tertiary/aromatic N) is 2. The summed E-state index contributed by atoms with van der Waals surface area (Å²) >= 11 is 5.71. The van der Waals surface area contributed by atoms with Gasteiger partial charge in [0.25, 0.3) is 5.91 Å². The fraction of sp³-hybridized carbons (Fsp3) is 0.154. The predicted molar refractivity (Wildman–Crippen MR) is 79.3 cm³/mol. The quantitative estimate of drug-likeness (QED) is 0.550. The van der Waals surface area contributed by atoms with Crippen LogP contribution in [0.5, 0.6) is 0 Å². The topological polar surface area (TPSA) is 102 Å². The highest BCUT2D eigenvalue weighted by Gasteiger charge is 2.04. The average Bonchev–Trinajstić information content (AvgIpc) is 2.45. The van der Waals surface area contributed by atoms with Gasteiger partial charge >= 0.3 is 0 Å². The van der Waals surface area contributed by atoms with Crippen molar-refractivity contribution in [2.24, 2.45) is 0 Å². The van der Waals surface area contributed by atoms with Crippen molar-refractivity contribution in [2.45, 2.75) is 6.61 Å². The van der Waals surface area contributed by atoms with Crippen LogP contribution >= 0.6 is 11.6 Å². The predicted octanol–water partition coefficient (Wildman–Crippen LogP) is 1.37. The summed E-state index contributed by atoms with van der Waals surface area (Å²) in [6, 6.07) is 11.0. The number of ether oxygens (including phenoxy) is 1. The van der Waals surface area contributed by atoms with Crippen molar-refractivity contribution < 1.29 is 9.53 Å². The molecule has 110 valence electrons. The minimum Gasteiger partial charge on any atom is -0.368 e. The van der Waals surface area contributed by atoms with Gasteiger partial charge in [-0.05, 0) is 5.56 Å². The van der Waals surface area contributed by atoms with Crippen molar-refractivity contribution in [2.75, 3.05) is 17.8 Å². The van der Waals surface area contributed by atoms with Gasteiger partial charge in [-0.3, -0.25) is 15.6 Å². The molecular formula is C13H14ClN5O2. The Morgan fingerprint density at radius 1 is 1.29 bits per heavy atom. The molecule has 0 saturated carbocycles. The van der Waals surface area contributed by atoms with Gasteiger partial charge in [0, 0.05) is 6.07 Å². The zero-order valence-corrected chi connectivity index (χ0v) is 11.8. The van der Waals surface area contributed by atoms with Crippen molar-refractivity contribution in [3.05, 3.63) is 47.1 Å². The van der Waals surface area contributed by atoms with E-state index < -0.39 is 0 Å². The first-order valence-corrected chi connectivity index (χ1v) is 6.48. The summed E-state index contributed by atoms with van der Waals surface area (Å²) in [7, 11) is 0. The minimum absolute atomic E-state index is 0.0135. The number of anilines is 2. The molecule has 7 nitrogen and oxygen atoms in total. The third-order valence-electron chi connectivity index (χ3n) is 2.39. The molecular weight excluding hydrogens is 294 g/mol. The van der Waals surface area contributed by atoms with Crippen LogP contribution in [0, 0.1) is 0 Å². The summed E-state index contributed by atoms with van der Waals surface area (Å²) in [4.78, 5) is 19.1. The lowest BCUT2D eigenvalue weighted by molar-refractivity contribution is -0.125. The Labute approximate surface area is 126 Å². The number of nitrogens with one attached hydrogen (secondary N) is 2. The van der Waals surface area contributed by atoms with Crippen molar-refractivity contribution in [3.8, 4) is 0 Å². The summed E-state index contributed by atoms with van der Waals surface area (Å²) in [5.41, 5.74) is 11.4. The van der Waals surface area contributed by atoms with Crippen molar-refractivity contribution in [1.82, 2.24) is 15.4 Å². The number of carbonyl (C=O) groups excluding carboxylic acids is 1. The average molecular weight is 308 g/mol. The summed E-state index contributed by atoms with van der Waals surface area (Å²) in [5, 5.41) is 0.180. The first kappa shape index (κ1) is 15.0. The van der Waals surface area contributed by atoms with Gasteiger partial charge in [0.1, 0.15) is 11.8 Å². The molecule has 0 fully saturated rings. The van der Waals surface area contributed by atoms with Crippen molar-refractivity contribution in [3.63, 3.8) is 0 Å². The molecule has 4 N–H and O–H groups in total. The highest BCUT2D eigenvalue weighted by atomic mass is 35.5. The Balaban J connectivity index is 1.72. The Kier molecular flexibility index (Phi) is 5.30. The molecule has 1 amide bonds. The van der Waals surface area contributed by atoms with Crippen molar-refractivity contribution in [1.29, 1.82) is 0 Å². The molecule has 0 unspecified atom stereocenters. The number of halogens is 1. The molecule has 0 bridgehead atoms. The number of carbonyl (C=O) groups is 1. The number of benzene rings is 1. The number of hydrogen-bond acceptors (Lipinski definition) is 6.